The van der Waals surface area contributed by atoms with Gasteiger partial charge in [0.25, 0.3) is 0 Å². The molecule has 0 saturated carbocycles. The molecule has 0 aliphatic carbocycles. The van der Waals surface area contributed by atoms with Crippen LogP contribution in [0.15, 0.2) is 41.3 Å². The number of halogens is 2. The number of nitrogens with one attached hydrogen (secondary N) is 1. The average molecular weight is 395 g/mol. The summed E-state index contributed by atoms with van der Waals surface area (Å²) in [4.78, 5) is 1.15. The van der Waals surface area contributed by atoms with Crippen molar-refractivity contribution in [2.45, 2.75) is 23.2 Å². The smallest absolute Gasteiger partial charge is 0.207 e. The van der Waals surface area contributed by atoms with Crippen LogP contribution in [0.25, 0.3) is 0 Å². The zero-order valence-corrected chi connectivity index (χ0v) is 14.6. The van der Waals surface area contributed by atoms with Crippen LogP contribution in [0.2, 0.25) is 4.34 Å². The molecule has 0 bridgehead atoms. The molecule has 0 aliphatic heterocycles. The van der Waals surface area contributed by atoms with Crippen LogP contribution in [-0.2, 0) is 15.4 Å². The van der Waals surface area contributed by atoms with Crippen molar-refractivity contribution in [2.75, 3.05) is 0 Å². The first kappa shape index (κ1) is 16.0. The molecule has 7 heteroatoms. The second-order valence-corrected chi connectivity index (χ2v) is 8.28. The van der Waals surface area contributed by atoms with E-state index in [-0.39, 0.29) is 10.9 Å². The van der Waals surface area contributed by atoms with Crippen LogP contribution in [0.4, 0.5) is 0 Å². The normalized spacial score (nSPS) is 13.3. The van der Waals surface area contributed by atoms with E-state index in [1.54, 1.807) is 37.3 Å². The Hall–Kier alpha value is -0.400. The van der Waals surface area contributed by atoms with Crippen molar-refractivity contribution in [3.63, 3.8) is 0 Å². The van der Waals surface area contributed by atoms with Gasteiger partial charge in [0.1, 0.15) is 0 Å². The maximum atomic E-state index is 12.3. The van der Waals surface area contributed by atoms with E-state index >= 15 is 0 Å². The molecule has 1 N–H and O–H groups in total. The molecule has 1 heterocycles. The Bertz CT molecular complexity index is 683. The van der Waals surface area contributed by atoms with Crippen LogP contribution in [0.3, 0.4) is 0 Å². The largest absolute Gasteiger partial charge is 0.241 e. The fourth-order valence-electron chi connectivity index (χ4n) is 1.68. The van der Waals surface area contributed by atoms with Gasteiger partial charge >= 0.3 is 0 Å². The van der Waals surface area contributed by atoms with Crippen LogP contribution >= 0.6 is 38.9 Å². The molecule has 2 rings (SSSR count). The quantitative estimate of drug-likeness (QED) is 0.767. The fourth-order valence-corrected chi connectivity index (χ4v) is 4.41. The maximum absolute atomic E-state index is 12.3. The molecule has 0 spiro atoms. The fraction of sp³-hybridized carbons (Fsp3) is 0.231. The van der Waals surface area contributed by atoms with Crippen molar-refractivity contribution in [3.05, 3.63) is 51.2 Å². The topological polar surface area (TPSA) is 46.2 Å². The summed E-state index contributed by atoms with van der Waals surface area (Å²) in [5.74, 6) is 0. The molecule has 1 aromatic carbocycles. The molecule has 0 amide bonds. The van der Waals surface area contributed by atoms with Crippen LogP contribution in [0.1, 0.15) is 23.4 Å². The third kappa shape index (κ3) is 3.83. The van der Waals surface area contributed by atoms with E-state index in [9.17, 15) is 8.42 Å². The zero-order valence-electron chi connectivity index (χ0n) is 10.6. The molecule has 0 aliphatic rings. The number of sulfonamides is 1. The monoisotopic (exact) mass is 393 g/mol. The van der Waals surface area contributed by atoms with Crippen LogP contribution in [0, 0.1) is 0 Å². The minimum atomic E-state index is -3.53. The highest BCUT2D eigenvalue weighted by Gasteiger charge is 2.19. The molecule has 20 heavy (non-hydrogen) atoms. The summed E-state index contributed by atoms with van der Waals surface area (Å²) in [6, 6.07) is 10.1. The van der Waals surface area contributed by atoms with Gasteiger partial charge in [0, 0.05) is 10.2 Å². The predicted molar refractivity (Wildman–Crippen MR) is 87.1 cm³/mol. The van der Waals surface area contributed by atoms with Crippen molar-refractivity contribution in [2.24, 2.45) is 0 Å². The van der Waals surface area contributed by atoms with Crippen molar-refractivity contribution in [3.8, 4) is 0 Å². The summed E-state index contributed by atoms with van der Waals surface area (Å²) in [5.41, 5.74) is 1.03. The Balaban J connectivity index is 2.17. The molecular weight excluding hydrogens is 382 g/mol. The molecule has 1 atom stereocenters. The van der Waals surface area contributed by atoms with Gasteiger partial charge in [-0.3, -0.25) is 0 Å². The first-order chi connectivity index (χ1) is 9.42. The van der Waals surface area contributed by atoms with E-state index < -0.39 is 10.0 Å². The van der Waals surface area contributed by atoms with Gasteiger partial charge < -0.3 is 0 Å². The first-order valence-electron chi connectivity index (χ1n) is 5.85. The van der Waals surface area contributed by atoms with Gasteiger partial charge in [-0.15, -0.1) is 11.3 Å². The standard InChI is InChI=1S/C13H13BrClNO2S2/c1-9(12-6-7-13(15)19-12)16-20(17,18)11-4-2-10(8-14)3-5-11/h2-7,9,16H,8H2,1H3. The lowest BCUT2D eigenvalue weighted by atomic mass is 10.2. The van der Waals surface area contributed by atoms with E-state index in [0.717, 1.165) is 10.4 Å². The SMILES string of the molecule is CC(NS(=O)(=O)c1ccc(CBr)cc1)c1ccc(Cl)s1. The molecular formula is C13H13BrClNO2S2. The predicted octanol–water partition coefficient (Wildman–Crippen LogP) is 4.34. The lowest BCUT2D eigenvalue weighted by molar-refractivity contribution is 0.568. The third-order valence-corrected chi connectivity index (χ3v) is 6.36. The second-order valence-electron chi connectivity index (χ2n) is 4.26. The summed E-state index contributed by atoms with van der Waals surface area (Å²) in [7, 11) is -3.53. The Morgan fingerprint density at radius 2 is 1.90 bits per heavy atom. The Morgan fingerprint density at radius 1 is 1.25 bits per heavy atom. The van der Waals surface area contributed by atoms with E-state index in [4.69, 9.17) is 11.6 Å². The zero-order chi connectivity index (χ0) is 14.8. The van der Waals surface area contributed by atoms with Gasteiger partial charge in [-0.25, -0.2) is 13.1 Å². The van der Waals surface area contributed by atoms with Crippen LogP contribution in [-0.4, -0.2) is 8.42 Å². The number of rotatable bonds is 5. The molecule has 0 radical (unpaired) electrons. The highest BCUT2D eigenvalue weighted by Crippen LogP contribution is 2.27. The van der Waals surface area contributed by atoms with Gasteiger partial charge in [0.2, 0.25) is 10.0 Å². The molecule has 0 saturated heterocycles. The molecule has 3 nitrogen and oxygen atoms in total. The summed E-state index contributed by atoms with van der Waals surface area (Å²) < 4.78 is 27.8. The van der Waals surface area contributed by atoms with Gasteiger partial charge in [0.05, 0.1) is 15.3 Å². The summed E-state index contributed by atoms with van der Waals surface area (Å²) in [5, 5.41) is 0.699. The van der Waals surface area contributed by atoms with Crippen molar-refractivity contribution >= 4 is 48.9 Å². The number of thiophene rings is 1. The average Bonchev–Trinajstić information content (AvgIpc) is 2.85. The highest BCUT2D eigenvalue weighted by atomic mass is 79.9. The number of benzene rings is 1. The van der Waals surface area contributed by atoms with Crippen molar-refractivity contribution < 1.29 is 8.42 Å². The minimum Gasteiger partial charge on any atom is -0.207 e. The summed E-state index contributed by atoms with van der Waals surface area (Å²) in [6.45, 7) is 1.80. The van der Waals surface area contributed by atoms with E-state index in [2.05, 4.69) is 20.7 Å². The Morgan fingerprint density at radius 3 is 2.40 bits per heavy atom. The highest BCUT2D eigenvalue weighted by molar-refractivity contribution is 9.08. The van der Waals surface area contributed by atoms with Crippen molar-refractivity contribution in [1.29, 1.82) is 0 Å². The van der Waals surface area contributed by atoms with Crippen LogP contribution in [0.5, 0.6) is 0 Å². The molecule has 1 aromatic heterocycles. The lowest BCUT2D eigenvalue weighted by Crippen LogP contribution is -2.26. The van der Waals surface area contributed by atoms with E-state index in [0.29, 0.717) is 9.67 Å². The lowest BCUT2D eigenvalue weighted by Gasteiger charge is -2.13. The number of hydrogen-bond donors (Lipinski definition) is 1. The van der Waals surface area contributed by atoms with Gasteiger partial charge in [-0.1, -0.05) is 39.7 Å². The Labute approximate surface area is 136 Å². The molecule has 1 unspecified atom stereocenters. The number of hydrogen-bond acceptors (Lipinski definition) is 3. The molecule has 108 valence electrons. The minimum absolute atomic E-state index is 0.261. The van der Waals surface area contributed by atoms with Gasteiger partial charge in [-0.2, -0.15) is 0 Å². The maximum Gasteiger partial charge on any atom is 0.241 e. The number of alkyl halides is 1. The summed E-state index contributed by atoms with van der Waals surface area (Å²) in [6.07, 6.45) is 0. The van der Waals surface area contributed by atoms with E-state index in [1.807, 2.05) is 6.07 Å². The first-order valence-corrected chi connectivity index (χ1v) is 9.65. The second kappa shape index (κ2) is 6.58. The van der Waals surface area contributed by atoms with Crippen LogP contribution < -0.4 is 4.72 Å². The Kier molecular flexibility index (Phi) is 5.25. The van der Waals surface area contributed by atoms with Gasteiger partial charge in [0.15, 0.2) is 0 Å². The molecule has 2 aromatic rings. The molecule has 0 fully saturated rings. The van der Waals surface area contributed by atoms with Crippen molar-refractivity contribution in [1.82, 2.24) is 4.72 Å². The third-order valence-electron chi connectivity index (χ3n) is 2.74. The van der Waals surface area contributed by atoms with Gasteiger partial charge in [-0.05, 0) is 36.8 Å². The van der Waals surface area contributed by atoms with E-state index in [1.165, 1.54) is 11.3 Å². The summed E-state index contributed by atoms with van der Waals surface area (Å²) >= 11 is 10.6.